The predicted molar refractivity (Wildman–Crippen MR) is 126 cm³/mol. The number of nitrogens with one attached hydrogen (secondary N) is 1. The van der Waals surface area contributed by atoms with E-state index in [2.05, 4.69) is 10.2 Å². The Morgan fingerprint density at radius 3 is 2.52 bits per heavy atom. The number of piperazine rings is 1. The third-order valence-corrected chi connectivity index (χ3v) is 6.43. The Bertz CT molecular complexity index is 942. The molecule has 33 heavy (non-hydrogen) atoms. The van der Waals surface area contributed by atoms with Gasteiger partial charge in [-0.05, 0) is 31.9 Å². The van der Waals surface area contributed by atoms with Gasteiger partial charge in [0.15, 0.2) is 0 Å². The molecule has 0 aliphatic carbocycles. The van der Waals surface area contributed by atoms with Gasteiger partial charge in [0, 0.05) is 50.9 Å². The number of nitrogens with zero attached hydrogens (tertiary/aromatic N) is 3. The van der Waals surface area contributed by atoms with Gasteiger partial charge in [-0.15, -0.1) is 0 Å². The molecule has 2 heterocycles. The first-order chi connectivity index (χ1) is 15.6. The minimum Gasteiger partial charge on any atom is -0.463 e. The van der Waals surface area contributed by atoms with E-state index in [4.69, 9.17) is 4.74 Å². The first-order valence-corrected chi connectivity index (χ1v) is 11.7. The van der Waals surface area contributed by atoms with Gasteiger partial charge in [0.1, 0.15) is 0 Å². The molecule has 0 spiro atoms. The van der Waals surface area contributed by atoms with E-state index in [0.717, 1.165) is 11.1 Å². The Morgan fingerprint density at radius 2 is 1.91 bits per heavy atom. The lowest BCUT2D eigenvalue weighted by Crippen LogP contribution is -2.56. The zero-order valence-corrected chi connectivity index (χ0v) is 20.6. The summed E-state index contributed by atoms with van der Waals surface area (Å²) in [5, 5.41) is 2.98. The van der Waals surface area contributed by atoms with E-state index in [9.17, 15) is 14.4 Å². The summed E-state index contributed by atoms with van der Waals surface area (Å²) in [5.41, 5.74) is 2.96. The molecule has 1 saturated heterocycles. The monoisotopic (exact) mass is 456 g/mol. The molecule has 180 valence electrons. The van der Waals surface area contributed by atoms with Gasteiger partial charge in [-0.1, -0.05) is 38.1 Å². The Labute approximate surface area is 196 Å². The maximum atomic E-state index is 13.1. The second-order valence-corrected chi connectivity index (χ2v) is 9.15. The Morgan fingerprint density at radius 1 is 1.21 bits per heavy atom. The number of aryl methyl sites for hydroxylation is 1. The summed E-state index contributed by atoms with van der Waals surface area (Å²) in [6, 6.07) is 6.95. The molecule has 0 saturated carbocycles. The van der Waals surface area contributed by atoms with Crippen molar-refractivity contribution in [2.24, 2.45) is 5.92 Å². The molecule has 8 heteroatoms. The minimum absolute atomic E-state index is 0.0415. The molecule has 0 unspecified atom stereocenters. The summed E-state index contributed by atoms with van der Waals surface area (Å²) in [7, 11) is 1.68. The van der Waals surface area contributed by atoms with E-state index < -0.39 is 12.0 Å². The lowest BCUT2D eigenvalue weighted by atomic mass is 9.91. The third-order valence-electron chi connectivity index (χ3n) is 6.43. The summed E-state index contributed by atoms with van der Waals surface area (Å²) in [5.74, 6) is -0.309. The summed E-state index contributed by atoms with van der Waals surface area (Å²) in [6.07, 6.45) is 0. The van der Waals surface area contributed by atoms with Crippen LogP contribution >= 0.6 is 0 Å². The number of carbonyl (C=O) groups is 3. The molecule has 0 aromatic heterocycles. The van der Waals surface area contributed by atoms with Crippen LogP contribution in [-0.4, -0.2) is 78.5 Å². The highest BCUT2D eigenvalue weighted by Gasteiger charge is 2.38. The Hall–Kier alpha value is -2.87. The third kappa shape index (κ3) is 5.21. The van der Waals surface area contributed by atoms with Gasteiger partial charge in [0.05, 0.1) is 18.2 Å². The van der Waals surface area contributed by atoms with Gasteiger partial charge in [-0.25, -0.2) is 9.59 Å². The van der Waals surface area contributed by atoms with Crippen molar-refractivity contribution in [2.45, 2.75) is 46.7 Å². The zero-order valence-electron chi connectivity index (χ0n) is 20.6. The molecule has 1 aromatic carbocycles. The van der Waals surface area contributed by atoms with Crippen LogP contribution in [0.15, 0.2) is 35.5 Å². The molecule has 3 amide bonds. The fourth-order valence-electron chi connectivity index (χ4n) is 4.59. The second-order valence-electron chi connectivity index (χ2n) is 9.15. The summed E-state index contributed by atoms with van der Waals surface area (Å²) in [6.45, 7) is 12.3. The first kappa shape index (κ1) is 24.8. The molecule has 8 nitrogen and oxygen atoms in total. The fourth-order valence-corrected chi connectivity index (χ4v) is 4.59. The van der Waals surface area contributed by atoms with E-state index in [0.29, 0.717) is 37.4 Å². The number of hydrogen-bond acceptors (Lipinski definition) is 5. The second kappa shape index (κ2) is 10.4. The quantitative estimate of drug-likeness (QED) is 0.666. The van der Waals surface area contributed by atoms with E-state index in [1.165, 1.54) is 4.90 Å². The number of rotatable bonds is 6. The predicted octanol–water partition coefficient (Wildman–Crippen LogP) is 2.70. The van der Waals surface area contributed by atoms with Crippen molar-refractivity contribution in [3.05, 3.63) is 46.7 Å². The van der Waals surface area contributed by atoms with Crippen molar-refractivity contribution in [2.75, 3.05) is 39.8 Å². The summed E-state index contributed by atoms with van der Waals surface area (Å²) in [4.78, 5) is 44.2. The molecule has 0 bridgehead atoms. The van der Waals surface area contributed by atoms with Gasteiger partial charge in [-0.2, -0.15) is 0 Å². The first-order valence-electron chi connectivity index (χ1n) is 11.7. The number of urea groups is 1. The van der Waals surface area contributed by atoms with E-state index in [-0.39, 0.29) is 30.5 Å². The smallest absolute Gasteiger partial charge is 0.338 e. The SMILES string of the molecule is CCOC(=O)C1=C(CN2CCN(C(=O)C(C)C)[C@@H](C)C2)N(C)C(=O)N[C@@H]1c1ccccc1C. The van der Waals surface area contributed by atoms with E-state index in [1.54, 1.807) is 14.0 Å². The molecule has 1 fully saturated rings. The molecule has 2 atom stereocenters. The van der Waals surface area contributed by atoms with Crippen LogP contribution in [0.2, 0.25) is 0 Å². The molecule has 2 aliphatic rings. The zero-order chi connectivity index (χ0) is 24.3. The Balaban J connectivity index is 1.95. The lowest BCUT2D eigenvalue weighted by molar-refractivity contribution is -0.139. The van der Waals surface area contributed by atoms with Crippen molar-refractivity contribution in [1.29, 1.82) is 0 Å². The number of amides is 3. The van der Waals surface area contributed by atoms with Crippen molar-refractivity contribution in [3.8, 4) is 0 Å². The standard InChI is InChI=1S/C25H36N4O4/c1-7-33-24(31)21-20(15-28-12-13-29(18(5)14-28)23(30)16(2)3)27(6)25(32)26-22(21)19-11-9-8-10-17(19)4/h8-11,16,18,22H,7,12-15H2,1-6H3,(H,26,32)/t18-,22+/m0/s1. The van der Waals surface area contributed by atoms with E-state index >= 15 is 0 Å². The van der Waals surface area contributed by atoms with Gasteiger partial charge < -0.3 is 15.0 Å². The number of esters is 1. The van der Waals surface area contributed by atoms with Gasteiger partial charge in [0.25, 0.3) is 0 Å². The maximum Gasteiger partial charge on any atom is 0.338 e. The van der Waals surface area contributed by atoms with Crippen LogP contribution in [-0.2, 0) is 14.3 Å². The van der Waals surface area contributed by atoms with Crippen molar-refractivity contribution in [3.63, 3.8) is 0 Å². The fraction of sp³-hybridized carbons (Fsp3) is 0.560. The Kier molecular flexibility index (Phi) is 7.79. The number of benzene rings is 1. The molecule has 2 aliphatic heterocycles. The van der Waals surface area contributed by atoms with Crippen LogP contribution in [0.5, 0.6) is 0 Å². The van der Waals surface area contributed by atoms with Crippen LogP contribution in [0.25, 0.3) is 0 Å². The molecule has 0 radical (unpaired) electrons. The minimum atomic E-state index is -0.579. The van der Waals surface area contributed by atoms with Crippen LogP contribution in [0.4, 0.5) is 4.79 Å². The van der Waals surface area contributed by atoms with Crippen molar-refractivity contribution < 1.29 is 19.1 Å². The van der Waals surface area contributed by atoms with Crippen LogP contribution in [0, 0.1) is 12.8 Å². The summed E-state index contributed by atoms with van der Waals surface area (Å²) >= 11 is 0. The van der Waals surface area contributed by atoms with Crippen LogP contribution < -0.4 is 5.32 Å². The van der Waals surface area contributed by atoms with Crippen molar-refractivity contribution >= 4 is 17.9 Å². The number of hydrogen-bond donors (Lipinski definition) is 1. The highest BCUT2D eigenvalue weighted by molar-refractivity contribution is 5.95. The number of ether oxygens (including phenoxy) is 1. The highest BCUT2D eigenvalue weighted by atomic mass is 16.5. The lowest BCUT2D eigenvalue weighted by Gasteiger charge is -2.43. The molecule has 1 aromatic rings. The average molecular weight is 457 g/mol. The molecular formula is C25H36N4O4. The van der Waals surface area contributed by atoms with Crippen LogP contribution in [0.1, 0.15) is 44.9 Å². The molecule has 1 N–H and O–H groups in total. The van der Waals surface area contributed by atoms with Crippen molar-refractivity contribution in [1.82, 2.24) is 20.0 Å². The van der Waals surface area contributed by atoms with Crippen LogP contribution in [0.3, 0.4) is 0 Å². The largest absolute Gasteiger partial charge is 0.463 e. The number of likely N-dealkylation sites (N-methyl/N-ethyl adjacent to an activating group) is 1. The summed E-state index contributed by atoms with van der Waals surface area (Å²) < 4.78 is 5.43. The molecule has 3 rings (SSSR count). The normalized spacial score (nSPS) is 22.0. The number of carbonyl (C=O) groups excluding carboxylic acids is 3. The maximum absolute atomic E-state index is 13.1. The molecular weight excluding hydrogens is 420 g/mol. The topological polar surface area (TPSA) is 82.2 Å². The highest BCUT2D eigenvalue weighted by Crippen LogP contribution is 2.33. The van der Waals surface area contributed by atoms with Gasteiger partial charge >= 0.3 is 12.0 Å². The van der Waals surface area contributed by atoms with E-state index in [1.807, 2.05) is 56.9 Å². The van der Waals surface area contributed by atoms with Gasteiger partial charge in [0.2, 0.25) is 5.91 Å². The average Bonchev–Trinajstić information content (AvgIpc) is 2.77. The van der Waals surface area contributed by atoms with Gasteiger partial charge in [-0.3, -0.25) is 14.6 Å².